The summed E-state index contributed by atoms with van der Waals surface area (Å²) in [5, 5.41) is 0. The minimum Gasteiger partial charge on any atom is -0.344 e. The molecule has 72 valence electrons. The minimum atomic E-state index is 0. The van der Waals surface area contributed by atoms with Gasteiger partial charge in [0.25, 0.3) is 0 Å². The second kappa shape index (κ2) is 30.0. The van der Waals surface area contributed by atoms with Crippen LogP contribution in [0.5, 0.6) is 0 Å². The molecule has 0 saturated carbocycles. The summed E-state index contributed by atoms with van der Waals surface area (Å²) >= 11 is 0. The Morgan fingerprint density at radius 3 is 1.17 bits per heavy atom. The summed E-state index contributed by atoms with van der Waals surface area (Å²) in [7, 11) is 0. The maximum absolute atomic E-state index is 3.60. The molecule has 2 heteroatoms. The zero-order chi connectivity index (χ0) is 8.24. The van der Waals surface area contributed by atoms with Gasteiger partial charge in [-0.05, 0) is 0 Å². The molecule has 0 fully saturated rings. The summed E-state index contributed by atoms with van der Waals surface area (Å²) in [6.45, 7) is 10.2. The fourth-order valence-corrected chi connectivity index (χ4v) is 0.500. The van der Waals surface area contributed by atoms with Crippen molar-refractivity contribution in [2.24, 2.45) is 0 Å². The van der Waals surface area contributed by atoms with Gasteiger partial charge in [-0.1, -0.05) is 52.9 Å². The average Bonchev–Trinajstić information content (AvgIpc) is 2.01. The molecule has 0 aliphatic carbocycles. The van der Waals surface area contributed by atoms with Crippen LogP contribution in [0, 0.1) is 6.92 Å². The van der Waals surface area contributed by atoms with E-state index in [0.29, 0.717) is 0 Å². The molecule has 0 aromatic rings. The number of unbranched alkanes of at least 4 members (excludes halogenated alkanes) is 4. The zero-order valence-electron chi connectivity index (χ0n) is 9.66. The molecule has 0 rings (SSSR count). The van der Waals surface area contributed by atoms with E-state index in [1.54, 1.807) is 0 Å². The van der Waals surface area contributed by atoms with Crippen LogP contribution < -0.4 is 25.0 Å². The van der Waals surface area contributed by atoms with Gasteiger partial charge < -0.3 is 13.1 Å². The smallest absolute Gasteiger partial charge is 0.344 e. The third kappa shape index (κ3) is 46.4. The number of hydrogen-bond acceptors (Lipinski definition) is 1. The van der Waals surface area contributed by atoms with Gasteiger partial charge in [-0.15, -0.1) is 0 Å². The van der Waals surface area contributed by atoms with E-state index in [2.05, 4.69) is 27.7 Å². The average molecular weight is 167 g/mol. The monoisotopic (exact) mass is 167 g/mol. The Balaban J connectivity index is -0.0000000483. The third-order valence-electron chi connectivity index (χ3n) is 1.31. The molecule has 0 unspecified atom stereocenters. The second-order valence-electron chi connectivity index (χ2n) is 2.56. The molecule has 0 radical (unpaired) electrons. The molecule has 0 amide bonds. The van der Waals surface area contributed by atoms with Crippen LogP contribution in [-0.4, -0.2) is 0 Å². The normalized spacial score (nSPS) is 7.00. The van der Waals surface area contributed by atoms with E-state index in [-0.39, 0.29) is 25.0 Å². The largest absolute Gasteiger partial charge is 1.00 e. The Morgan fingerprint density at radius 2 is 1.08 bits per heavy atom. The van der Waals surface area contributed by atoms with E-state index in [9.17, 15) is 0 Å². The van der Waals surface area contributed by atoms with Crippen molar-refractivity contribution >= 4 is 0 Å². The minimum absolute atomic E-state index is 0. The van der Waals surface area contributed by atoms with Gasteiger partial charge in [0, 0.05) is 0 Å². The van der Waals surface area contributed by atoms with Crippen LogP contribution in [0.3, 0.4) is 0 Å². The van der Waals surface area contributed by atoms with Crippen molar-refractivity contribution in [1.82, 2.24) is 6.15 Å². The number of rotatable bonds is 4. The van der Waals surface area contributed by atoms with Crippen molar-refractivity contribution in [3.05, 3.63) is 6.92 Å². The first kappa shape index (κ1) is 22.9. The molecule has 0 aromatic carbocycles. The van der Waals surface area contributed by atoms with Crippen molar-refractivity contribution in [3.8, 4) is 0 Å². The Hall–Kier alpha value is 0.557. The van der Waals surface area contributed by atoms with Gasteiger partial charge in [0.2, 0.25) is 0 Å². The SMILES string of the molecule is CCCCCC.N.[CH2-]CCC.[Li+]. The summed E-state index contributed by atoms with van der Waals surface area (Å²) in [6.07, 6.45) is 7.81. The van der Waals surface area contributed by atoms with Crippen molar-refractivity contribution in [2.75, 3.05) is 0 Å². The predicted octanol–water partition coefficient (Wildman–Crippen LogP) is 1.37. The first-order valence-electron chi connectivity index (χ1n) is 4.62. The second-order valence-corrected chi connectivity index (χ2v) is 2.56. The fraction of sp³-hybridized carbons (Fsp3) is 0.900. The summed E-state index contributed by atoms with van der Waals surface area (Å²) in [4.78, 5) is 0. The molecule has 0 saturated heterocycles. The van der Waals surface area contributed by atoms with Gasteiger partial charge >= 0.3 is 18.9 Å². The molecule has 1 nitrogen and oxygen atoms in total. The van der Waals surface area contributed by atoms with Crippen LogP contribution in [0.15, 0.2) is 0 Å². The van der Waals surface area contributed by atoms with Crippen LogP contribution in [0.2, 0.25) is 0 Å². The van der Waals surface area contributed by atoms with Crippen molar-refractivity contribution in [1.29, 1.82) is 0 Å². The van der Waals surface area contributed by atoms with Crippen LogP contribution in [0.1, 0.15) is 59.3 Å². The van der Waals surface area contributed by atoms with Crippen molar-refractivity contribution < 1.29 is 18.9 Å². The molecule has 12 heavy (non-hydrogen) atoms. The van der Waals surface area contributed by atoms with E-state index in [1.165, 1.54) is 32.1 Å². The van der Waals surface area contributed by atoms with Gasteiger partial charge in [-0.25, -0.2) is 0 Å². The van der Waals surface area contributed by atoms with E-state index in [1.807, 2.05) is 0 Å². The first-order chi connectivity index (χ1) is 4.83. The summed E-state index contributed by atoms with van der Waals surface area (Å²) in [5.74, 6) is 0. The Morgan fingerprint density at radius 1 is 0.833 bits per heavy atom. The molecule has 0 atom stereocenters. The molecule has 3 N–H and O–H groups in total. The summed E-state index contributed by atoms with van der Waals surface area (Å²) in [6, 6.07) is 0. The van der Waals surface area contributed by atoms with E-state index in [4.69, 9.17) is 0 Å². The van der Waals surface area contributed by atoms with Crippen LogP contribution in [0.25, 0.3) is 0 Å². The maximum Gasteiger partial charge on any atom is 1.00 e. The quantitative estimate of drug-likeness (QED) is 0.383. The predicted molar refractivity (Wildman–Crippen MR) is 55.1 cm³/mol. The molecule has 0 aliphatic heterocycles. The van der Waals surface area contributed by atoms with E-state index < -0.39 is 0 Å². The Labute approximate surface area is 91.5 Å². The Bertz CT molecular complexity index is 34.8. The molecule has 0 spiro atoms. The van der Waals surface area contributed by atoms with Crippen molar-refractivity contribution in [2.45, 2.75) is 59.3 Å². The Kier molecular flexibility index (Phi) is 57.2. The van der Waals surface area contributed by atoms with Crippen molar-refractivity contribution in [3.63, 3.8) is 0 Å². The van der Waals surface area contributed by atoms with Gasteiger partial charge in [-0.2, -0.15) is 6.42 Å². The molecular weight excluding hydrogens is 141 g/mol. The third-order valence-corrected chi connectivity index (χ3v) is 1.31. The molecule has 0 bridgehead atoms. The van der Waals surface area contributed by atoms with Gasteiger partial charge in [0.15, 0.2) is 0 Å². The standard InChI is InChI=1S/C6H14.C4H9.Li.H3N/c1-3-5-6-4-2;1-3-4-2;;/h3-6H2,1-2H3;1,3-4H2,2H3;;1H3/q;-1;+1;. The molecular formula is C10H26LiN. The fourth-order valence-electron chi connectivity index (χ4n) is 0.500. The van der Waals surface area contributed by atoms with Gasteiger partial charge in [-0.3, -0.25) is 0 Å². The molecule has 0 heterocycles. The summed E-state index contributed by atoms with van der Waals surface area (Å²) < 4.78 is 0. The van der Waals surface area contributed by atoms with Crippen LogP contribution in [-0.2, 0) is 0 Å². The zero-order valence-corrected chi connectivity index (χ0v) is 9.66. The molecule has 0 aromatic heterocycles. The van der Waals surface area contributed by atoms with Crippen LogP contribution in [0.4, 0.5) is 0 Å². The maximum atomic E-state index is 3.60. The number of hydrogen-bond donors (Lipinski definition) is 1. The van der Waals surface area contributed by atoms with Gasteiger partial charge in [0.1, 0.15) is 0 Å². The molecule has 0 aliphatic rings. The summed E-state index contributed by atoms with van der Waals surface area (Å²) in [5.41, 5.74) is 0. The van der Waals surface area contributed by atoms with E-state index in [0.717, 1.165) is 6.42 Å². The van der Waals surface area contributed by atoms with Gasteiger partial charge in [0.05, 0.1) is 0 Å². The topological polar surface area (TPSA) is 35.0 Å². The van der Waals surface area contributed by atoms with E-state index >= 15 is 0 Å². The van der Waals surface area contributed by atoms with Crippen LogP contribution >= 0.6 is 0 Å². The first-order valence-corrected chi connectivity index (χ1v) is 4.62.